The summed E-state index contributed by atoms with van der Waals surface area (Å²) < 4.78 is 1.47. The van der Waals surface area contributed by atoms with E-state index in [1.54, 1.807) is 17.6 Å². The molecule has 3 N–H and O–H groups in total. The van der Waals surface area contributed by atoms with Crippen molar-refractivity contribution in [3.05, 3.63) is 88.1 Å². The van der Waals surface area contributed by atoms with Gasteiger partial charge in [0.2, 0.25) is 0 Å². The van der Waals surface area contributed by atoms with Gasteiger partial charge in [-0.3, -0.25) is 4.79 Å². The van der Waals surface area contributed by atoms with Gasteiger partial charge in [0.05, 0.1) is 23.8 Å². The molecule has 0 saturated heterocycles. The summed E-state index contributed by atoms with van der Waals surface area (Å²) in [6.07, 6.45) is 1.68. The average molecular weight is 427 g/mol. The minimum absolute atomic E-state index is 0.196. The van der Waals surface area contributed by atoms with Crippen LogP contribution in [0.3, 0.4) is 0 Å². The standard InChI is InChI=1S/C23H18N6OS/c24-21-19(23(30)25-14-16-9-6-12-31-16)20-22(28-18-11-5-4-10-17(18)27-20)29(21)26-13-15-7-2-1-3-8-15/h1-13H,14,24H2,(H,25,30)/b26-13-. The third kappa shape index (κ3) is 3.64. The van der Waals surface area contributed by atoms with Crippen LogP contribution in [-0.4, -0.2) is 26.8 Å². The lowest BCUT2D eigenvalue weighted by atomic mass is 10.2. The molecule has 8 heteroatoms. The molecule has 0 aliphatic heterocycles. The zero-order valence-corrected chi connectivity index (χ0v) is 17.2. The first-order valence-corrected chi connectivity index (χ1v) is 10.6. The second-order valence-electron chi connectivity index (χ2n) is 6.87. The average Bonchev–Trinajstić information content (AvgIpc) is 3.41. The first kappa shape index (κ1) is 19.0. The van der Waals surface area contributed by atoms with Crippen LogP contribution in [0.25, 0.3) is 22.2 Å². The van der Waals surface area contributed by atoms with Crippen LogP contribution in [0.4, 0.5) is 5.82 Å². The van der Waals surface area contributed by atoms with Crippen molar-refractivity contribution in [2.45, 2.75) is 6.54 Å². The normalized spacial score (nSPS) is 11.5. The third-order valence-corrected chi connectivity index (χ3v) is 5.70. The molecule has 0 atom stereocenters. The van der Waals surface area contributed by atoms with Gasteiger partial charge in [-0.25, -0.2) is 9.97 Å². The molecule has 3 heterocycles. The Bertz CT molecular complexity index is 1410. The molecule has 0 spiro atoms. The molecule has 31 heavy (non-hydrogen) atoms. The molecule has 152 valence electrons. The van der Waals surface area contributed by atoms with Crippen LogP contribution in [0.15, 0.2) is 77.2 Å². The van der Waals surface area contributed by atoms with Crippen molar-refractivity contribution in [2.75, 3.05) is 5.73 Å². The number of carbonyl (C=O) groups excluding carboxylic acids is 1. The van der Waals surface area contributed by atoms with E-state index in [0.29, 0.717) is 28.7 Å². The van der Waals surface area contributed by atoms with Crippen LogP contribution in [-0.2, 0) is 6.54 Å². The van der Waals surface area contributed by atoms with Gasteiger partial charge in [-0.05, 0) is 29.1 Å². The highest BCUT2D eigenvalue weighted by Crippen LogP contribution is 2.28. The molecule has 0 saturated carbocycles. The molecule has 3 aromatic heterocycles. The zero-order chi connectivity index (χ0) is 21.2. The maximum Gasteiger partial charge on any atom is 0.257 e. The summed E-state index contributed by atoms with van der Waals surface area (Å²) in [4.78, 5) is 23.5. The fourth-order valence-corrected chi connectivity index (χ4v) is 3.97. The monoisotopic (exact) mass is 426 g/mol. The summed E-state index contributed by atoms with van der Waals surface area (Å²) >= 11 is 1.58. The van der Waals surface area contributed by atoms with Crippen molar-refractivity contribution < 1.29 is 4.79 Å². The van der Waals surface area contributed by atoms with Gasteiger partial charge in [0.15, 0.2) is 5.65 Å². The molecular formula is C23H18N6OS. The van der Waals surface area contributed by atoms with Crippen molar-refractivity contribution >= 4 is 51.5 Å². The summed E-state index contributed by atoms with van der Waals surface area (Å²) in [6, 6.07) is 21.1. The predicted molar refractivity (Wildman–Crippen MR) is 124 cm³/mol. The molecule has 7 nitrogen and oxygen atoms in total. The second kappa shape index (κ2) is 8.00. The Labute approximate surface area is 181 Å². The lowest BCUT2D eigenvalue weighted by molar-refractivity contribution is 0.0953. The number of para-hydroxylation sites is 2. The topological polar surface area (TPSA) is 98.2 Å². The van der Waals surface area contributed by atoms with E-state index in [9.17, 15) is 4.79 Å². The number of rotatable bonds is 5. The smallest absolute Gasteiger partial charge is 0.257 e. The van der Waals surface area contributed by atoms with Crippen LogP contribution >= 0.6 is 11.3 Å². The largest absolute Gasteiger partial charge is 0.383 e. The van der Waals surface area contributed by atoms with Crippen LogP contribution in [0.2, 0.25) is 0 Å². The molecule has 2 aromatic carbocycles. The van der Waals surface area contributed by atoms with Gasteiger partial charge in [0, 0.05) is 4.88 Å². The number of nitrogens with zero attached hydrogens (tertiary/aromatic N) is 4. The van der Waals surface area contributed by atoms with Crippen LogP contribution < -0.4 is 11.1 Å². The van der Waals surface area contributed by atoms with Crippen molar-refractivity contribution in [3.63, 3.8) is 0 Å². The first-order chi connectivity index (χ1) is 15.2. The van der Waals surface area contributed by atoms with E-state index in [2.05, 4.69) is 15.4 Å². The Morgan fingerprint density at radius 1 is 1.03 bits per heavy atom. The summed E-state index contributed by atoms with van der Waals surface area (Å²) in [7, 11) is 0. The number of anilines is 1. The van der Waals surface area contributed by atoms with Gasteiger partial charge in [-0.1, -0.05) is 48.5 Å². The van der Waals surface area contributed by atoms with Gasteiger partial charge in [-0.15, -0.1) is 11.3 Å². The predicted octanol–water partition coefficient (Wildman–Crippen LogP) is 4.04. The summed E-state index contributed by atoms with van der Waals surface area (Å²) in [5.41, 5.74) is 9.83. The Hall–Kier alpha value is -4.04. The minimum Gasteiger partial charge on any atom is -0.383 e. The number of amides is 1. The number of fused-ring (bicyclic) bond motifs is 2. The van der Waals surface area contributed by atoms with Gasteiger partial charge in [0.25, 0.3) is 5.91 Å². The second-order valence-corrected chi connectivity index (χ2v) is 7.91. The quantitative estimate of drug-likeness (QED) is 0.414. The summed E-state index contributed by atoms with van der Waals surface area (Å²) in [6.45, 7) is 0.414. The fraction of sp³-hybridized carbons (Fsp3) is 0.0435. The SMILES string of the molecule is Nc1c(C(=O)NCc2cccs2)c2nc3ccccc3nc2n1/N=C\c1ccccc1. The molecule has 5 aromatic rings. The highest BCUT2D eigenvalue weighted by Gasteiger charge is 2.24. The van der Waals surface area contributed by atoms with E-state index in [1.165, 1.54) is 4.68 Å². The van der Waals surface area contributed by atoms with E-state index in [0.717, 1.165) is 10.4 Å². The molecule has 0 fully saturated rings. The van der Waals surface area contributed by atoms with E-state index in [1.807, 2.05) is 72.1 Å². The lowest BCUT2D eigenvalue weighted by Gasteiger charge is -2.04. The highest BCUT2D eigenvalue weighted by molar-refractivity contribution is 7.09. The third-order valence-electron chi connectivity index (χ3n) is 4.83. The van der Waals surface area contributed by atoms with Gasteiger partial charge < -0.3 is 11.1 Å². The maximum atomic E-state index is 13.1. The molecule has 0 aliphatic rings. The zero-order valence-electron chi connectivity index (χ0n) is 16.4. The highest BCUT2D eigenvalue weighted by atomic mass is 32.1. The molecular weight excluding hydrogens is 408 g/mol. The number of nitrogen functional groups attached to an aromatic ring is 1. The summed E-state index contributed by atoms with van der Waals surface area (Å²) in [5, 5.41) is 9.41. The fourth-order valence-electron chi connectivity index (χ4n) is 3.32. The molecule has 5 rings (SSSR count). The van der Waals surface area contributed by atoms with Gasteiger partial charge in [0.1, 0.15) is 16.9 Å². The van der Waals surface area contributed by atoms with Gasteiger partial charge in [-0.2, -0.15) is 9.78 Å². The number of carbonyl (C=O) groups is 1. The van der Waals surface area contributed by atoms with E-state index in [-0.39, 0.29) is 17.3 Å². The van der Waals surface area contributed by atoms with Crippen LogP contribution in [0, 0.1) is 0 Å². The maximum absolute atomic E-state index is 13.1. The van der Waals surface area contributed by atoms with Crippen molar-refractivity contribution in [3.8, 4) is 0 Å². The lowest BCUT2D eigenvalue weighted by Crippen LogP contribution is -2.23. The van der Waals surface area contributed by atoms with E-state index >= 15 is 0 Å². The van der Waals surface area contributed by atoms with Gasteiger partial charge >= 0.3 is 0 Å². The molecule has 0 unspecified atom stereocenters. The molecule has 1 amide bonds. The van der Waals surface area contributed by atoms with E-state index < -0.39 is 0 Å². The van der Waals surface area contributed by atoms with Crippen LogP contribution in [0.1, 0.15) is 20.8 Å². The number of nitrogens with two attached hydrogens (primary N) is 1. The first-order valence-electron chi connectivity index (χ1n) is 9.67. The number of thiophene rings is 1. The Morgan fingerprint density at radius 2 is 1.77 bits per heavy atom. The number of aromatic nitrogens is 3. The number of hydrogen-bond acceptors (Lipinski definition) is 6. The summed E-state index contributed by atoms with van der Waals surface area (Å²) in [5.74, 6) is -0.115. The van der Waals surface area contributed by atoms with Crippen LogP contribution in [0.5, 0.6) is 0 Å². The van der Waals surface area contributed by atoms with Crippen molar-refractivity contribution in [2.24, 2.45) is 5.10 Å². The molecule has 0 bridgehead atoms. The Morgan fingerprint density at radius 3 is 2.52 bits per heavy atom. The Balaban J connectivity index is 1.63. The minimum atomic E-state index is -0.311. The number of hydrogen-bond donors (Lipinski definition) is 2. The van der Waals surface area contributed by atoms with Crippen molar-refractivity contribution in [1.82, 2.24) is 20.0 Å². The number of nitrogens with one attached hydrogen (secondary N) is 1. The Kier molecular flexibility index (Phi) is 4.89. The molecule has 0 radical (unpaired) electrons. The number of benzene rings is 2. The van der Waals surface area contributed by atoms with E-state index in [4.69, 9.17) is 10.7 Å². The molecule has 0 aliphatic carbocycles. The van der Waals surface area contributed by atoms with Crippen molar-refractivity contribution in [1.29, 1.82) is 0 Å².